The maximum atomic E-state index is 13.0. The van der Waals surface area contributed by atoms with Gasteiger partial charge in [0.15, 0.2) is 5.16 Å². The molecular formula is C22H28N6O4S. The summed E-state index contributed by atoms with van der Waals surface area (Å²) in [4.78, 5) is 38.8. The molecule has 2 amide bonds. The van der Waals surface area contributed by atoms with E-state index in [1.807, 2.05) is 0 Å². The molecule has 1 N–H and O–H groups in total. The van der Waals surface area contributed by atoms with Gasteiger partial charge < -0.3 is 14.8 Å². The Morgan fingerprint density at radius 1 is 1.15 bits per heavy atom. The number of piperidine rings is 1. The first kappa shape index (κ1) is 23.2. The summed E-state index contributed by atoms with van der Waals surface area (Å²) in [7, 11) is 1.76. The van der Waals surface area contributed by atoms with Gasteiger partial charge in [0.1, 0.15) is 6.33 Å². The lowest BCUT2D eigenvalue weighted by Crippen LogP contribution is -2.48. The number of carbonyl (C=O) groups excluding carboxylic acids is 2. The lowest BCUT2D eigenvalue weighted by Gasteiger charge is -2.33. The van der Waals surface area contributed by atoms with Crippen molar-refractivity contribution in [1.82, 2.24) is 25.0 Å². The Balaban J connectivity index is 1.37. The van der Waals surface area contributed by atoms with Crippen molar-refractivity contribution in [3.8, 4) is 0 Å². The first-order chi connectivity index (χ1) is 15.9. The average Bonchev–Trinajstić information content (AvgIpc) is 3.24. The van der Waals surface area contributed by atoms with Gasteiger partial charge in [-0.3, -0.25) is 19.7 Å². The quantitative estimate of drug-likeness (QED) is 0.506. The van der Waals surface area contributed by atoms with Gasteiger partial charge in [-0.2, -0.15) is 0 Å². The van der Waals surface area contributed by atoms with Crippen LogP contribution in [0.25, 0.3) is 0 Å². The Labute approximate surface area is 196 Å². The third-order valence-corrected chi connectivity index (χ3v) is 7.50. The van der Waals surface area contributed by atoms with Crippen LogP contribution in [0.3, 0.4) is 0 Å². The summed E-state index contributed by atoms with van der Waals surface area (Å²) >= 11 is 1.13. The number of nitrogens with one attached hydrogen (secondary N) is 1. The number of hydrogen-bond donors (Lipinski definition) is 1. The molecule has 2 aromatic rings. The van der Waals surface area contributed by atoms with Crippen LogP contribution in [-0.2, 0) is 11.8 Å². The standard InChI is InChI=1S/C22H28N6O4S/c1-26-14-23-25-22(26)33-19-8-7-16(13-18(19)28(31)32)21(30)27-11-9-17(10-12-27)24-20(29)15-5-3-2-4-6-15/h7-8,13-15,17H,2-6,9-12H2,1H3,(H,24,29). The molecule has 0 bridgehead atoms. The van der Waals surface area contributed by atoms with Gasteiger partial charge in [0.05, 0.1) is 9.82 Å². The maximum absolute atomic E-state index is 13.0. The molecule has 33 heavy (non-hydrogen) atoms. The second-order valence-electron chi connectivity index (χ2n) is 8.68. The van der Waals surface area contributed by atoms with Crippen molar-refractivity contribution in [2.45, 2.75) is 61.0 Å². The Morgan fingerprint density at radius 3 is 2.52 bits per heavy atom. The number of nitro benzene ring substituents is 1. The minimum atomic E-state index is -0.484. The zero-order valence-electron chi connectivity index (χ0n) is 18.6. The van der Waals surface area contributed by atoms with Crippen LogP contribution in [0.4, 0.5) is 5.69 Å². The number of hydrogen-bond acceptors (Lipinski definition) is 7. The molecule has 1 aliphatic carbocycles. The van der Waals surface area contributed by atoms with Gasteiger partial charge in [0.25, 0.3) is 11.6 Å². The van der Waals surface area contributed by atoms with Crippen molar-refractivity contribution >= 4 is 29.3 Å². The largest absolute Gasteiger partial charge is 0.353 e. The molecule has 0 unspecified atom stereocenters. The molecule has 1 saturated carbocycles. The zero-order valence-corrected chi connectivity index (χ0v) is 19.4. The van der Waals surface area contributed by atoms with E-state index >= 15 is 0 Å². The van der Waals surface area contributed by atoms with Crippen LogP contribution in [0, 0.1) is 16.0 Å². The Bertz CT molecular complexity index is 1030. The van der Waals surface area contributed by atoms with Crippen LogP contribution in [-0.4, -0.2) is 55.5 Å². The highest BCUT2D eigenvalue weighted by atomic mass is 32.2. The Morgan fingerprint density at radius 2 is 1.88 bits per heavy atom. The Hall–Kier alpha value is -2.95. The van der Waals surface area contributed by atoms with Gasteiger partial charge in [-0.1, -0.05) is 19.3 Å². The number of carbonyl (C=O) groups is 2. The van der Waals surface area contributed by atoms with Crippen molar-refractivity contribution in [2.75, 3.05) is 13.1 Å². The van der Waals surface area contributed by atoms with E-state index in [0.29, 0.717) is 36.0 Å². The van der Waals surface area contributed by atoms with Crippen molar-refractivity contribution < 1.29 is 14.5 Å². The molecule has 10 nitrogen and oxygen atoms in total. The van der Waals surface area contributed by atoms with E-state index in [1.54, 1.807) is 28.6 Å². The lowest BCUT2D eigenvalue weighted by atomic mass is 9.88. The molecule has 0 atom stereocenters. The molecule has 2 heterocycles. The van der Waals surface area contributed by atoms with Crippen LogP contribution >= 0.6 is 11.8 Å². The summed E-state index contributed by atoms with van der Waals surface area (Å²) < 4.78 is 1.67. The fourth-order valence-electron chi connectivity index (χ4n) is 4.44. The summed E-state index contributed by atoms with van der Waals surface area (Å²) in [6, 6.07) is 4.60. The summed E-state index contributed by atoms with van der Waals surface area (Å²) in [5.41, 5.74) is 0.150. The minimum absolute atomic E-state index is 0.0722. The summed E-state index contributed by atoms with van der Waals surface area (Å²) in [6.07, 6.45) is 8.27. The van der Waals surface area contributed by atoms with E-state index in [4.69, 9.17) is 0 Å². The first-order valence-corrected chi connectivity index (χ1v) is 12.1. The Kier molecular flexibility index (Phi) is 7.26. The topological polar surface area (TPSA) is 123 Å². The van der Waals surface area contributed by atoms with Gasteiger partial charge in [-0.15, -0.1) is 10.2 Å². The number of nitro groups is 1. The van der Waals surface area contributed by atoms with Crippen LogP contribution < -0.4 is 5.32 Å². The number of aromatic nitrogens is 3. The highest BCUT2D eigenvalue weighted by molar-refractivity contribution is 7.99. The number of likely N-dealkylation sites (tertiary alicyclic amines) is 1. The minimum Gasteiger partial charge on any atom is -0.353 e. The highest BCUT2D eigenvalue weighted by Gasteiger charge is 2.29. The van der Waals surface area contributed by atoms with E-state index < -0.39 is 4.92 Å². The molecule has 0 radical (unpaired) electrons. The normalized spacial score (nSPS) is 17.7. The van der Waals surface area contributed by atoms with Crippen molar-refractivity contribution in [2.24, 2.45) is 13.0 Å². The SMILES string of the molecule is Cn1cnnc1Sc1ccc(C(=O)N2CCC(NC(=O)C3CCCCC3)CC2)cc1[N+](=O)[O-]. The molecule has 11 heteroatoms. The molecular weight excluding hydrogens is 444 g/mol. The maximum Gasteiger partial charge on any atom is 0.284 e. The van der Waals surface area contributed by atoms with Crippen LogP contribution in [0.5, 0.6) is 0 Å². The number of rotatable bonds is 6. The predicted molar refractivity (Wildman–Crippen MR) is 122 cm³/mol. The van der Waals surface area contributed by atoms with Crippen LogP contribution in [0.2, 0.25) is 0 Å². The van der Waals surface area contributed by atoms with Crippen molar-refractivity contribution in [1.29, 1.82) is 0 Å². The van der Waals surface area contributed by atoms with E-state index in [-0.39, 0.29) is 35.0 Å². The molecule has 4 rings (SSSR count). The lowest BCUT2D eigenvalue weighted by molar-refractivity contribution is -0.387. The number of aryl methyl sites for hydroxylation is 1. The number of nitrogens with zero attached hydrogens (tertiary/aromatic N) is 5. The highest BCUT2D eigenvalue weighted by Crippen LogP contribution is 2.34. The molecule has 1 aromatic heterocycles. The third-order valence-electron chi connectivity index (χ3n) is 6.38. The fourth-order valence-corrected chi connectivity index (χ4v) is 5.29. The average molecular weight is 473 g/mol. The molecule has 2 aliphatic rings. The van der Waals surface area contributed by atoms with Gasteiger partial charge in [0, 0.05) is 43.7 Å². The zero-order chi connectivity index (χ0) is 23.4. The smallest absolute Gasteiger partial charge is 0.284 e. The second kappa shape index (κ2) is 10.3. The summed E-state index contributed by atoms with van der Waals surface area (Å²) in [6.45, 7) is 1.02. The van der Waals surface area contributed by atoms with Crippen molar-refractivity contribution in [3.63, 3.8) is 0 Å². The van der Waals surface area contributed by atoms with Gasteiger partial charge >= 0.3 is 0 Å². The molecule has 1 aromatic carbocycles. The molecule has 2 fully saturated rings. The van der Waals surface area contributed by atoms with E-state index in [1.165, 1.54) is 18.8 Å². The van der Waals surface area contributed by atoms with Crippen molar-refractivity contribution in [3.05, 3.63) is 40.2 Å². The van der Waals surface area contributed by atoms with E-state index in [2.05, 4.69) is 15.5 Å². The van der Waals surface area contributed by atoms with Gasteiger partial charge in [-0.25, -0.2) is 0 Å². The third kappa shape index (κ3) is 5.52. The van der Waals surface area contributed by atoms with Gasteiger partial charge in [-0.05, 0) is 49.6 Å². The first-order valence-electron chi connectivity index (χ1n) is 11.3. The molecule has 1 aliphatic heterocycles. The van der Waals surface area contributed by atoms with E-state index in [0.717, 1.165) is 37.4 Å². The molecule has 176 valence electrons. The fraction of sp³-hybridized carbons (Fsp3) is 0.545. The number of benzene rings is 1. The molecule has 0 spiro atoms. The second-order valence-corrected chi connectivity index (χ2v) is 9.69. The summed E-state index contributed by atoms with van der Waals surface area (Å²) in [5, 5.41) is 23.1. The molecule has 1 saturated heterocycles. The van der Waals surface area contributed by atoms with Crippen LogP contribution in [0.1, 0.15) is 55.3 Å². The predicted octanol–water partition coefficient (Wildman–Crippen LogP) is 3.18. The summed E-state index contributed by atoms with van der Waals surface area (Å²) in [5.74, 6) is 0.0355. The monoisotopic (exact) mass is 472 g/mol. The van der Waals surface area contributed by atoms with Gasteiger partial charge in [0.2, 0.25) is 5.91 Å². The van der Waals surface area contributed by atoms with Crippen LogP contribution in [0.15, 0.2) is 34.6 Å². The number of amides is 2. The van der Waals surface area contributed by atoms with E-state index in [9.17, 15) is 19.7 Å².